The first kappa shape index (κ1) is 21.5. The molecule has 2 aliphatic rings. The smallest absolute Gasteiger partial charge is 0.276 e. The number of likely N-dealkylation sites (tertiary alicyclic amines) is 1. The molecular formula is C22H31N5O4. The summed E-state index contributed by atoms with van der Waals surface area (Å²) in [6, 6.07) is 1.71. The molecule has 2 aromatic rings. The number of hydrogen-bond acceptors (Lipinski definition) is 6. The van der Waals surface area contributed by atoms with E-state index in [4.69, 9.17) is 9.26 Å². The number of ether oxygens (including phenoxy) is 1. The van der Waals surface area contributed by atoms with Crippen LogP contribution in [-0.4, -0.2) is 63.5 Å². The average molecular weight is 430 g/mol. The van der Waals surface area contributed by atoms with Crippen molar-refractivity contribution < 1.29 is 18.8 Å². The first-order chi connectivity index (χ1) is 14.9. The topological polar surface area (TPSA) is 102 Å². The fourth-order valence-corrected chi connectivity index (χ4v) is 4.66. The maximum Gasteiger partial charge on any atom is 0.276 e. The van der Waals surface area contributed by atoms with Crippen LogP contribution in [0.5, 0.6) is 0 Å². The zero-order valence-electron chi connectivity index (χ0n) is 18.3. The van der Waals surface area contributed by atoms with Crippen molar-refractivity contribution in [3.05, 3.63) is 35.5 Å². The summed E-state index contributed by atoms with van der Waals surface area (Å²) in [5.41, 5.74) is 1.26. The van der Waals surface area contributed by atoms with E-state index in [1.165, 1.54) is 0 Å². The first-order valence-electron chi connectivity index (χ1n) is 11.0. The lowest BCUT2D eigenvalue weighted by molar-refractivity contribution is -0.125. The van der Waals surface area contributed by atoms with Crippen LogP contribution in [0.2, 0.25) is 0 Å². The zero-order chi connectivity index (χ0) is 21.8. The van der Waals surface area contributed by atoms with Crippen molar-refractivity contribution in [3.63, 3.8) is 0 Å². The highest BCUT2D eigenvalue weighted by atomic mass is 16.5. The third-order valence-corrected chi connectivity index (χ3v) is 6.34. The number of piperidine rings is 1. The van der Waals surface area contributed by atoms with Crippen LogP contribution in [0.1, 0.15) is 60.8 Å². The molecule has 168 valence electrons. The number of aryl methyl sites for hydroxylation is 1. The lowest BCUT2D eigenvalue weighted by Gasteiger charge is -2.46. The molecule has 2 fully saturated rings. The second-order valence-corrected chi connectivity index (χ2v) is 8.85. The summed E-state index contributed by atoms with van der Waals surface area (Å²) in [5, 5.41) is 11.1. The molecule has 9 heteroatoms. The summed E-state index contributed by atoms with van der Waals surface area (Å²) in [7, 11) is 0. The normalized spacial score (nSPS) is 20.7. The van der Waals surface area contributed by atoms with Gasteiger partial charge in [0.15, 0.2) is 11.5 Å². The van der Waals surface area contributed by atoms with Crippen molar-refractivity contribution in [2.45, 2.75) is 58.1 Å². The van der Waals surface area contributed by atoms with Crippen molar-refractivity contribution in [2.24, 2.45) is 5.92 Å². The SMILES string of the molecule is CC(=O)NCCC1CCOC2(CCN(C(=O)c3cc(Cn4cc(C)cn4)on3)CC2)C1. The zero-order valence-corrected chi connectivity index (χ0v) is 18.3. The molecule has 4 heterocycles. The van der Waals surface area contributed by atoms with Crippen molar-refractivity contribution in [2.75, 3.05) is 26.2 Å². The summed E-state index contributed by atoms with van der Waals surface area (Å²) < 4.78 is 13.3. The second-order valence-electron chi connectivity index (χ2n) is 8.85. The number of nitrogens with one attached hydrogen (secondary N) is 1. The molecule has 0 bridgehead atoms. The molecular weight excluding hydrogens is 398 g/mol. The Hall–Kier alpha value is -2.68. The fourth-order valence-electron chi connectivity index (χ4n) is 4.66. The minimum absolute atomic E-state index is 0.0179. The van der Waals surface area contributed by atoms with Crippen molar-refractivity contribution in [1.82, 2.24) is 25.2 Å². The summed E-state index contributed by atoms with van der Waals surface area (Å²) in [6.07, 6.45) is 8.35. The molecule has 31 heavy (non-hydrogen) atoms. The number of rotatable bonds is 6. The van der Waals surface area contributed by atoms with Crippen LogP contribution in [0.4, 0.5) is 0 Å². The predicted molar refractivity (Wildman–Crippen MR) is 112 cm³/mol. The minimum atomic E-state index is -0.150. The lowest BCUT2D eigenvalue weighted by atomic mass is 9.78. The first-order valence-corrected chi connectivity index (χ1v) is 11.0. The van der Waals surface area contributed by atoms with Gasteiger partial charge in [0.2, 0.25) is 5.91 Å². The Labute approximate surface area is 182 Å². The van der Waals surface area contributed by atoms with E-state index in [2.05, 4.69) is 15.6 Å². The maximum absolute atomic E-state index is 12.9. The van der Waals surface area contributed by atoms with Gasteiger partial charge in [-0.25, -0.2) is 0 Å². The van der Waals surface area contributed by atoms with Gasteiger partial charge in [-0.15, -0.1) is 0 Å². The van der Waals surface area contributed by atoms with Crippen molar-refractivity contribution >= 4 is 11.8 Å². The molecule has 2 saturated heterocycles. The highest BCUT2D eigenvalue weighted by Crippen LogP contribution is 2.38. The van der Waals surface area contributed by atoms with Gasteiger partial charge in [-0.05, 0) is 50.5 Å². The molecule has 2 aliphatic heterocycles. The average Bonchev–Trinajstić information content (AvgIpc) is 3.37. The van der Waals surface area contributed by atoms with Gasteiger partial charge < -0.3 is 19.5 Å². The Morgan fingerprint density at radius 2 is 2.13 bits per heavy atom. The van der Waals surface area contributed by atoms with Crippen molar-refractivity contribution in [3.8, 4) is 0 Å². The molecule has 1 atom stereocenters. The quantitative estimate of drug-likeness (QED) is 0.755. The third-order valence-electron chi connectivity index (χ3n) is 6.34. The van der Waals surface area contributed by atoms with Gasteiger partial charge in [0.05, 0.1) is 11.8 Å². The molecule has 0 saturated carbocycles. The fraction of sp³-hybridized carbons (Fsp3) is 0.636. The Morgan fingerprint density at radius 1 is 1.32 bits per heavy atom. The molecule has 0 aliphatic carbocycles. The molecule has 1 spiro atoms. The van der Waals surface area contributed by atoms with Gasteiger partial charge in [-0.1, -0.05) is 5.16 Å². The highest BCUT2D eigenvalue weighted by molar-refractivity contribution is 5.92. The van der Waals surface area contributed by atoms with Crippen LogP contribution in [0.25, 0.3) is 0 Å². The van der Waals surface area contributed by atoms with E-state index in [9.17, 15) is 9.59 Å². The molecule has 2 aromatic heterocycles. The van der Waals surface area contributed by atoms with Crippen LogP contribution < -0.4 is 5.32 Å². The van der Waals surface area contributed by atoms with Gasteiger partial charge in [-0.2, -0.15) is 5.10 Å². The Balaban J connectivity index is 1.29. The second kappa shape index (κ2) is 9.21. The number of hydrogen-bond donors (Lipinski definition) is 1. The summed E-state index contributed by atoms with van der Waals surface area (Å²) >= 11 is 0. The minimum Gasteiger partial charge on any atom is -0.375 e. The Morgan fingerprint density at radius 3 is 2.84 bits per heavy atom. The summed E-state index contributed by atoms with van der Waals surface area (Å²) in [5.74, 6) is 1.08. The van der Waals surface area contributed by atoms with Crippen LogP contribution >= 0.6 is 0 Å². The lowest BCUT2D eigenvalue weighted by Crippen LogP contribution is -2.51. The van der Waals surface area contributed by atoms with E-state index >= 15 is 0 Å². The number of nitrogens with zero attached hydrogens (tertiary/aromatic N) is 4. The predicted octanol–water partition coefficient (Wildman–Crippen LogP) is 2.16. The van der Waals surface area contributed by atoms with Crippen molar-refractivity contribution in [1.29, 1.82) is 0 Å². The third kappa shape index (κ3) is 5.33. The van der Waals surface area contributed by atoms with Gasteiger partial charge in [-0.3, -0.25) is 14.3 Å². The number of carbonyl (C=O) groups excluding carboxylic acids is 2. The number of carbonyl (C=O) groups is 2. The maximum atomic E-state index is 12.9. The van der Waals surface area contributed by atoms with E-state index in [1.807, 2.05) is 18.0 Å². The van der Waals surface area contributed by atoms with Gasteiger partial charge in [0, 0.05) is 45.4 Å². The van der Waals surface area contributed by atoms with Crippen LogP contribution in [0.3, 0.4) is 0 Å². The van der Waals surface area contributed by atoms with Crippen LogP contribution in [0, 0.1) is 12.8 Å². The summed E-state index contributed by atoms with van der Waals surface area (Å²) in [6.45, 7) is 6.74. The Bertz CT molecular complexity index is 913. The van der Waals surface area contributed by atoms with Gasteiger partial charge in [0.1, 0.15) is 6.54 Å². The number of aromatic nitrogens is 3. The largest absolute Gasteiger partial charge is 0.375 e. The van der Waals surface area contributed by atoms with E-state index in [1.54, 1.807) is 23.9 Å². The van der Waals surface area contributed by atoms with Crippen LogP contribution in [0.15, 0.2) is 23.0 Å². The molecule has 4 rings (SSSR count). The molecule has 0 radical (unpaired) electrons. The van der Waals surface area contributed by atoms with E-state index in [0.717, 1.165) is 44.3 Å². The Kier molecular flexibility index (Phi) is 6.41. The molecule has 1 unspecified atom stereocenters. The van der Waals surface area contributed by atoms with E-state index in [0.29, 0.717) is 43.6 Å². The van der Waals surface area contributed by atoms with Crippen LogP contribution in [-0.2, 0) is 16.1 Å². The van der Waals surface area contributed by atoms with Gasteiger partial charge >= 0.3 is 0 Å². The molecule has 1 N–H and O–H groups in total. The standard InChI is InChI=1S/C22H31N5O4/c1-16-13-24-27(14-16)15-19-11-20(25-31-19)21(29)26-8-5-22(6-9-26)12-18(4-10-30-22)3-7-23-17(2)28/h11,13-14,18H,3-10,12,15H2,1-2H3,(H,23,28). The molecule has 2 amide bonds. The van der Waals surface area contributed by atoms with E-state index < -0.39 is 0 Å². The molecule has 0 aromatic carbocycles. The number of amides is 2. The van der Waals surface area contributed by atoms with E-state index in [-0.39, 0.29) is 17.4 Å². The molecule has 9 nitrogen and oxygen atoms in total. The summed E-state index contributed by atoms with van der Waals surface area (Å²) in [4.78, 5) is 25.9. The highest BCUT2D eigenvalue weighted by Gasteiger charge is 2.41. The van der Waals surface area contributed by atoms with Gasteiger partial charge in [0.25, 0.3) is 5.91 Å². The monoisotopic (exact) mass is 429 g/mol.